The smallest absolute Gasteiger partial charge is 0.360 e. The van der Waals surface area contributed by atoms with Crippen molar-refractivity contribution in [2.24, 2.45) is 10.9 Å². The molecular weight excluding hydrogens is 434 g/mol. The van der Waals surface area contributed by atoms with Gasteiger partial charge in [0, 0.05) is 11.8 Å². The van der Waals surface area contributed by atoms with E-state index in [1.807, 2.05) is 60.7 Å². The number of unbranched alkanes of at least 4 members (excludes halogenated alkanes) is 7. The molecule has 0 aromatic heterocycles. The number of carbonyl (C=O) groups excluding carboxylic acids is 1. The molecule has 0 amide bonds. The third-order valence-electron chi connectivity index (χ3n) is 6.03. The summed E-state index contributed by atoms with van der Waals surface area (Å²) in [5, 5.41) is 0. The fraction of sp³-hybridized carbons (Fsp3) is 0.484. The number of rotatable bonds is 17. The van der Waals surface area contributed by atoms with Crippen LogP contribution < -0.4 is 0 Å². The standard InChI is InChI=1S/C31H43NO3/c1-4-6-7-8-9-10-11-18-23-34-30(28-21-16-13-17-22-28)29(31(33)35-25-26(3)5-2)32-24-27-19-14-12-15-20-27/h12-17,19-22,24,26H,4-11,18,23,25H2,1-3H3/t26-/m0/s1. The van der Waals surface area contributed by atoms with Crippen LogP contribution in [0.15, 0.2) is 71.4 Å². The van der Waals surface area contributed by atoms with Crippen molar-refractivity contribution in [3.63, 3.8) is 0 Å². The Hall–Kier alpha value is -2.88. The Labute approximate surface area is 212 Å². The lowest BCUT2D eigenvalue weighted by Gasteiger charge is -2.15. The van der Waals surface area contributed by atoms with Gasteiger partial charge in [-0.3, -0.25) is 0 Å². The molecule has 1 atom stereocenters. The summed E-state index contributed by atoms with van der Waals surface area (Å²) in [6, 6.07) is 19.5. The summed E-state index contributed by atoms with van der Waals surface area (Å²) in [7, 11) is 0. The summed E-state index contributed by atoms with van der Waals surface area (Å²) < 4.78 is 11.9. The van der Waals surface area contributed by atoms with E-state index < -0.39 is 5.97 Å². The van der Waals surface area contributed by atoms with E-state index in [0.29, 0.717) is 19.0 Å². The van der Waals surface area contributed by atoms with Gasteiger partial charge in [-0.15, -0.1) is 0 Å². The molecule has 0 bridgehead atoms. The predicted molar refractivity (Wildman–Crippen MR) is 146 cm³/mol. The van der Waals surface area contributed by atoms with Gasteiger partial charge >= 0.3 is 5.97 Å². The number of carbonyl (C=O) groups is 1. The Bertz CT molecular complexity index is 890. The van der Waals surface area contributed by atoms with E-state index in [-0.39, 0.29) is 11.6 Å². The van der Waals surface area contributed by atoms with Crippen LogP contribution in [-0.2, 0) is 14.3 Å². The van der Waals surface area contributed by atoms with Crippen molar-refractivity contribution in [3.05, 3.63) is 77.5 Å². The number of hydrogen-bond acceptors (Lipinski definition) is 4. The molecule has 2 aromatic carbocycles. The minimum absolute atomic E-state index is 0.211. The van der Waals surface area contributed by atoms with Gasteiger partial charge in [0.15, 0.2) is 11.5 Å². The number of benzene rings is 2. The lowest BCUT2D eigenvalue weighted by atomic mass is 10.1. The van der Waals surface area contributed by atoms with Gasteiger partial charge in [0.25, 0.3) is 0 Å². The molecular formula is C31H43NO3. The average Bonchev–Trinajstić information content (AvgIpc) is 2.90. The first kappa shape index (κ1) is 28.4. The second-order valence-electron chi connectivity index (χ2n) is 9.15. The molecule has 0 N–H and O–H groups in total. The first-order valence-corrected chi connectivity index (χ1v) is 13.3. The monoisotopic (exact) mass is 477 g/mol. The molecule has 2 aromatic rings. The van der Waals surface area contributed by atoms with Gasteiger partial charge in [0.1, 0.15) is 0 Å². The van der Waals surface area contributed by atoms with Crippen LogP contribution in [0.25, 0.3) is 5.76 Å². The van der Waals surface area contributed by atoms with Crippen LogP contribution in [0.5, 0.6) is 0 Å². The van der Waals surface area contributed by atoms with E-state index in [1.54, 1.807) is 6.21 Å². The summed E-state index contributed by atoms with van der Waals surface area (Å²) in [5.74, 6) is 0.318. The van der Waals surface area contributed by atoms with Gasteiger partial charge < -0.3 is 9.47 Å². The Morgan fingerprint density at radius 3 is 2.06 bits per heavy atom. The normalized spacial score (nSPS) is 12.9. The van der Waals surface area contributed by atoms with E-state index in [0.717, 1.165) is 30.4 Å². The maximum Gasteiger partial charge on any atom is 0.360 e. The SMILES string of the molecule is CCCCCCCCCCOC(=C(N=Cc1ccccc1)C(=O)OC[C@@H](C)CC)c1ccccc1. The van der Waals surface area contributed by atoms with E-state index in [9.17, 15) is 4.79 Å². The number of nitrogens with zero attached hydrogens (tertiary/aromatic N) is 1. The highest BCUT2D eigenvalue weighted by Gasteiger charge is 2.20. The molecule has 0 heterocycles. The number of aliphatic imine (C=N–C) groups is 1. The van der Waals surface area contributed by atoms with Crippen molar-refractivity contribution in [1.29, 1.82) is 0 Å². The fourth-order valence-electron chi connectivity index (χ4n) is 3.57. The van der Waals surface area contributed by atoms with Gasteiger partial charge in [0.2, 0.25) is 0 Å². The van der Waals surface area contributed by atoms with E-state index >= 15 is 0 Å². The van der Waals surface area contributed by atoms with Crippen LogP contribution >= 0.6 is 0 Å². The molecule has 2 rings (SSSR count). The van der Waals surface area contributed by atoms with E-state index in [2.05, 4.69) is 25.8 Å². The molecule has 35 heavy (non-hydrogen) atoms. The maximum absolute atomic E-state index is 13.2. The van der Waals surface area contributed by atoms with Crippen molar-refractivity contribution >= 4 is 17.9 Å². The topological polar surface area (TPSA) is 47.9 Å². The second-order valence-corrected chi connectivity index (χ2v) is 9.15. The van der Waals surface area contributed by atoms with Gasteiger partial charge in [0.05, 0.1) is 13.2 Å². The highest BCUT2D eigenvalue weighted by molar-refractivity contribution is 5.98. The van der Waals surface area contributed by atoms with Gasteiger partial charge in [-0.2, -0.15) is 0 Å². The summed E-state index contributed by atoms with van der Waals surface area (Å²) in [6.45, 7) is 7.31. The molecule has 0 radical (unpaired) electrons. The van der Waals surface area contributed by atoms with Crippen molar-refractivity contribution in [2.75, 3.05) is 13.2 Å². The zero-order valence-corrected chi connectivity index (χ0v) is 21.9. The first-order chi connectivity index (χ1) is 17.2. The molecule has 0 aliphatic carbocycles. The number of esters is 1. The minimum atomic E-state index is -0.452. The average molecular weight is 478 g/mol. The highest BCUT2D eigenvalue weighted by Crippen LogP contribution is 2.24. The third kappa shape index (κ3) is 11.4. The van der Waals surface area contributed by atoms with Crippen LogP contribution in [0.2, 0.25) is 0 Å². The quantitative estimate of drug-likeness (QED) is 0.0758. The van der Waals surface area contributed by atoms with E-state index in [4.69, 9.17) is 9.47 Å². The lowest BCUT2D eigenvalue weighted by Crippen LogP contribution is -2.15. The molecule has 4 heteroatoms. The minimum Gasteiger partial charge on any atom is -0.490 e. The van der Waals surface area contributed by atoms with E-state index in [1.165, 1.54) is 38.5 Å². The summed E-state index contributed by atoms with van der Waals surface area (Å²) >= 11 is 0. The number of hydrogen-bond donors (Lipinski definition) is 0. The molecule has 0 saturated carbocycles. The zero-order chi connectivity index (χ0) is 25.1. The molecule has 0 aliphatic rings. The fourth-order valence-corrected chi connectivity index (χ4v) is 3.57. The summed E-state index contributed by atoms with van der Waals surface area (Å²) in [5.41, 5.74) is 1.95. The van der Waals surface area contributed by atoms with Crippen molar-refractivity contribution < 1.29 is 14.3 Å². The van der Waals surface area contributed by atoms with Crippen molar-refractivity contribution in [2.45, 2.75) is 78.6 Å². The summed E-state index contributed by atoms with van der Waals surface area (Å²) in [4.78, 5) is 17.8. The third-order valence-corrected chi connectivity index (χ3v) is 6.03. The maximum atomic E-state index is 13.2. The Morgan fingerprint density at radius 1 is 0.829 bits per heavy atom. The molecule has 0 aliphatic heterocycles. The largest absolute Gasteiger partial charge is 0.490 e. The van der Waals surface area contributed by atoms with Crippen LogP contribution in [0, 0.1) is 5.92 Å². The Balaban J connectivity index is 2.18. The zero-order valence-electron chi connectivity index (χ0n) is 21.9. The molecule has 0 saturated heterocycles. The molecule has 190 valence electrons. The van der Waals surface area contributed by atoms with Crippen molar-refractivity contribution in [3.8, 4) is 0 Å². The lowest BCUT2D eigenvalue weighted by molar-refractivity contribution is -0.140. The van der Waals surface area contributed by atoms with Gasteiger partial charge in [-0.05, 0) is 17.9 Å². The van der Waals surface area contributed by atoms with Crippen LogP contribution in [-0.4, -0.2) is 25.4 Å². The molecule has 0 unspecified atom stereocenters. The predicted octanol–water partition coefficient (Wildman–Crippen LogP) is 8.22. The van der Waals surface area contributed by atoms with Crippen LogP contribution in [0.3, 0.4) is 0 Å². The van der Waals surface area contributed by atoms with Gasteiger partial charge in [-0.25, -0.2) is 9.79 Å². The summed E-state index contributed by atoms with van der Waals surface area (Å²) in [6.07, 6.45) is 12.4. The Morgan fingerprint density at radius 2 is 1.43 bits per heavy atom. The van der Waals surface area contributed by atoms with Crippen LogP contribution in [0.1, 0.15) is 89.7 Å². The first-order valence-electron chi connectivity index (χ1n) is 13.3. The Kier molecular flexibility index (Phi) is 14.2. The van der Waals surface area contributed by atoms with Crippen LogP contribution in [0.4, 0.5) is 0 Å². The second kappa shape index (κ2) is 17.5. The number of ether oxygens (including phenoxy) is 2. The highest BCUT2D eigenvalue weighted by atomic mass is 16.5. The van der Waals surface area contributed by atoms with Gasteiger partial charge in [-0.1, -0.05) is 133 Å². The molecule has 4 nitrogen and oxygen atoms in total. The molecule has 0 spiro atoms. The molecule has 0 fully saturated rings. The van der Waals surface area contributed by atoms with Crippen molar-refractivity contribution in [1.82, 2.24) is 0 Å².